The van der Waals surface area contributed by atoms with Crippen LogP contribution in [0.2, 0.25) is 0 Å². The Kier molecular flexibility index (Phi) is 4.90. The van der Waals surface area contributed by atoms with E-state index in [1.165, 1.54) is 7.11 Å². The molecule has 0 aromatic rings. The van der Waals surface area contributed by atoms with Gasteiger partial charge in [0.15, 0.2) is 0 Å². The van der Waals surface area contributed by atoms with E-state index in [2.05, 4.69) is 18.6 Å². The molecule has 0 saturated heterocycles. The smallest absolute Gasteiger partial charge is 0.322 e. The van der Waals surface area contributed by atoms with Crippen LogP contribution in [0.4, 0.5) is 0 Å². The van der Waals surface area contributed by atoms with Gasteiger partial charge in [-0.1, -0.05) is 6.92 Å². The van der Waals surface area contributed by atoms with Crippen molar-refractivity contribution in [3.63, 3.8) is 0 Å². The predicted molar refractivity (Wildman–Crippen MR) is 49.0 cm³/mol. The van der Waals surface area contributed by atoms with Crippen LogP contribution in [-0.2, 0) is 9.53 Å². The molecule has 0 fully saturated rings. The zero-order valence-corrected chi connectivity index (χ0v) is 8.63. The Hall–Kier alpha value is -0.570. The van der Waals surface area contributed by atoms with Crippen LogP contribution in [0.1, 0.15) is 27.2 Å². The van der Waals surface area contributed by atoms with E-state index in [9.17, 15) is 4.79 Å². The van der Waals surface area contributed by atoms with E-state index in [1.807, 2.05) is 18.9 Å². The van der Waals surface area contributed by atoms with E-state index in [4.69, 9.17) is 0 Å². The summed E-state index contributed by atoms with van der Waals surface area (Å²) in [6.45, 7) is 6.06. The minimum absolute atomic E-state index is 0.148. The van der Waals surface area contributed by atoms with Crippen molar-refractivity contribution in [1.29, 1.82) is 0 Å². The van der Waals surface area contributed by atoms with E-state index in [0.717, 1.165) is 6.42 Å². The van der Waals surface area contributed by atoms with Gasteiger partial charge in [-0.3, -0.25) is 9.69 Å². The summed E-state index contributed by atoms with van der Waals surface area (Å²) in [5.41, 5.74) is 0. The number of nitrogens with zero attached hydrogens (tertiary/aromatic N) is 1. The van der Waals surface area contributed by atoms with Gasteiger partial charge in [0.25, 0.3) is 0 Å². The zero-order valence-electron chi connectivity index (χ0n) is 8.63. The molecule has 0 heterocycles. The number of likely N-dealkylation sites (N-methyl/N-ethyl adjacent to an activating group) is 1. The highest BCUT2D eigenvalue weighted by Crippen LogP contribution is 2.06. The average Bonchev–Trinajstić information content (AvgIpc) is 2.12. The van der Waals surface area contributed by atoms with Gasteiger partial charge >= 0.3 is 5.97 Å². The fraction of sp³-hybridized carbons (Fsp3) is 0.889. The number of rotatable bonds is 4. The standard InChI is InChI=1S/C9H19NO2/c1-6-7(2)10(4)8(3)9(11)12-5/h7-8H,6H2,1-5H3. The van der Waals surface area contributed by atoms with Gasteiger partial charge in [0.05, 0.1) is 7.11 Å². The maximum atomic E-state index is 11.1. The van der Waals surface area contributed by atoms with Gasteiger partial charge in [-0.25, -0.2) is 0 Å². The maximum absolute atomic E-state index is 11.1. The van der Waals surface area contributed by atoms with E-state index in [0.29, 0.717) is 6.04 Å². The van der Waals surface area contributed by atoms with Crippen LogP contribution in [0.5, 0.6) is 0 Å². The van der Waals surface area contributed by atoms with Crippen molar-refractivity contribution in [2.24, 2.45) is 0 Å². The van der Waals surface area contributed by atoms with Crippen molar-refractivity contribution in [2.45, 2.75) is 39.3 Å². The molecular formula is C9H19NO2. The number of hydrogen-bond donors (Lipinski definition) is 0. The van der Waals surface area contributed by atoms with Crippen molar-refractivity contribution < 1.29 is 9.53 Å². The highest BCUT2D eigenvalue weighted by molar-refractivity contribution is 5.75. The zero-order chi connectivity index (χ0) is 9.72. The fourth-order valence-electron chi connectivity index (χ4n) is 1.01. The van der Waals surface area contributed by atoms with Gasteiger partial charge in [0.1, 0.15) is 6.04 Å². The van der Waals surface area contributed by atoms with Crippen LogP contribution < -0.4 is 0 Å². The van der Waals surface area contributed by atoms with Crippen molar-refractivity contribution in [3.05, 3.63) is 0 Å². The molecule has 0 aliphatic heterocycles. The highest BCUT2D eigenvalue weighted by Gasteiger charge is 2.21. The number of carbonyl (C=O) groups is 1. The van der Waals surface area contributed by atoms with E-state index < -0.39 is 0 Å². The summed E-state index contributed by atoms with van der Waals surface area (Å²) in [5, 5.41) is 0. The molecule has 0 spiro atoms. The first-order chi connectivity index (χ1) is 5.54. The molecule has 0 aromatic heterocycles. The summed E-state index contributed by atoms with van der Waals surface area (Å²) in [4.78, 5) is 13.1. The summed E-state index contributed by atoms with van der Waals surface area (Å²) in [7, 11) is 3.36. The Bertz CT molecular complexity index is 147. The van der Waals surface area contributed by atoms with Crippen molar-refractivity contribution in [1.82, 2.24) is 4.90 Å². The van der Waals surface area contributed by atoms with E-state index in [-0.39, 0.29) is 12.0 Å². The normalized spacial score (nSPS) is 15.8. The van der Waals surface area contributed by atoms with Crippen molar-refractivity contribution >= 4 is 5.97 Å². The number of carbonyl (C=O) groups excluding carboxylic acids is 1. The number of esters is 1. The molecule has 3 nitrogen and oxygen atoms in total. The summed E-state index contributed by atoms with van der Waals surface area (Å²) in [5.74, 6) is -0.169. The number of hydrogen-bond acceptors (Lipinski definition) is 3. The molecule has 72 valence electrons. The molecule has 2 atom stereocenters. The molecule has 0 aliphatic rings. The van der Waals surface area contributed by atoms with Crippen LogP contribution in [0.3, 0.4) is 0 Å². The van der Waals surface area contributed by atoms with Gasteiger partial charge in [-0.2, -0.15) is 0 Å². The molecule has 0 radical (unpaired) electrons. The fourth-order valence-corrected chi connectivity index (χ4v) is 1.01. The third-order valence-corrected chi connectivity index (χ3v) is 2.44. The molecule has 12 heavy (non-hydrogen) atoms. The largest absolute Gasteiger partial charge is 0.468 e. The maximum Gasteiger partial charge on any atom is 0.322 e. The Morgan fingerprint density at radius 1 is 1.50 bits per heavy atom. The van der Waals surface area contributed by atoms with E-state index >= 15 is 0 Å². The second kappa shape index (κ2) is 5.14. The summed E-state index contributed by atoms with van der Waals surface area (Å²) < 4.78 is 4.65. The first-order valence-electron chi connectivity index (χ1n) is 4.34. The average molecular weight is 173 g/mol. The van der Waals surface area contributed by atoms with Crippen LogP contribution in [0, 0.1) is 0 Å². The Labute approximate surface area is 74.7 Å². The van der Waals surface area contributed by atoms with Gasteiger partial charge < -0.3 is 4.74 Å². The molecule has 3 heteroatoms. The van der Waals surface area contributed by atoms with Crippen molar-refractivity contribution in [2.75, 3.05) is 14.2 Å². The molecule has 2 unspecified atom stereocenters. The summed E-state index contributed by atoms with van der Waals surface area (Å²) in [6, 6.07) is 0.268. The van der Waals surface area contributed by atoms with Crippen LogP contribution >= 0.6 is 0 Å². The second-order valence-electron chi connectivity index (χ2n) is 3.12. The highest BCUT2D eigenvalue weighted by atomic mass is 16.5. The Morgan fingerprint density at radius 3 is 2.33 bits per heavy atom. The van der Waals surface area contributed by atoms with Gasteiger partial charge in [-0.15, -0.1) is 0 Å². The predicted octanol–water partition coefficient (Wildman–Crippen LogP) is 1.28. The minimum atomic E-state index is -0.169. The quantitative estimate of drug-likeness (QED) is 0.600. The molecule has 0 amide bonds. The lowest BCUT2D eigenvalue weighted by Gasteiger charge is -2.27. The third kappa shape index (κ3) is 2.81. The van der Waals surface area contributed by atoms with Crippen LogP contribution in [0.15, 0.2) is 0 Å². The van der Waals surface area contributed by atoms with Gasteiger partial charge in [0.2, 0.25) is 0 Å². The second-order valence-corrected chi connectivity index (χ2v) is 3.12. The monoisotopic (exact) mass is 173 g/mol. The summed E-state index contributed by atoms with van der Waals surface area (Å²) in [6.07, 6.45) is 1.04. The SMILES string of the molecule is CCC(C)N(C)C(C)C(=O)OC. The van der Waals surface area contributed by atoms with Gasteiger partial charge in [-0.05, 0) is 27.3 Å². The molecule has 0 aromatic carbocycles. The molecular weight excluding hydrogens is 154 g/mol. The molecule has 0 N–H and O–H groups in total. The molecule has 0 aliphatic carbocycles. The topological polar surface area (TPSA) is 29.5 Å². The van der Waals surface area contributed by atoms with Gasteiger partial charge in [0, 0.05) is 6.04 Å². The number of methoxy groups -OCH3 is 1. The lowest BCUT2D eigenvalue weighted by molar-refractivity contribution is -0.146. The molecule has 0 rings (SSSR count). The molecule has 0 bridgehead atoms. The summed E-state index contributed by atoms with van der Waals surface area (Å²) >= 11 is 0. The first-order valence-corrected chi connectivity index (χ1v) is 4.34. The minimum Gasteiger partial charge on any atom is -0.468 e. The third-order valence-electron chi connectivity index (χ3n) is 2.44. The Balaban J connectivity index is 4.08. The van der Waals surface area contributed by atoms with Crippen LogP contribution in [0.25, 0.3) is 0 Å². The lowest BCUT2D eigenvalue weighted by Crippen LogP contribution is -2.41. The molecule has 0 saturated carbocycles. The Morgan fingerprint density at radius 2 is 2.00 bits per heavy atom. The number of ether oxygens (including phenoxy) is 1. The van der Waals surface area contributed by atoms with Crippen LogP contribution in [-0.4, -0.2) is 37.1 Å². The first kappa shape index (κ1) is 11.4. The lowest BCUT2D eigenvalue weighted by atomic mass is 10.2. The van der Waals surface area contributed by atoms with E-state index in [1.54, 1.807) is 0 Å². The van der Waals surface area contributed by atoms with Crippen molar-refractivity contribution in [3.8, 4) is 0 Å².